The molecule has 1 aromatic carbocycles. The maximum Gasteiger partial charge on any atom is 0.409 e. The van der Waals surface area contributed by atoms with Crippen LogP contribution in [0.5, 0.6) is 5.75 Å². The Hall–Kier alpha value is -3.99. The third-order valence-corrected chi connectivity index (χ3v) is 13.0. The van der Waals surface area contributed by atoms with Gasteiger partial charge >= 0.3 is 18.0 Å². The number of esters is 1. The Balaban J connectivity index is 1.43. The fourth-order valence-electron chi connectivity index (χ4n) is 7.48. The number of hydrogen-bond acceptors (Lipinski definition) is 16. The Morgan fingerprint density at radius 2 is 1.75 bits per heavy atom. The highest BCUT2D eigenvalue weighted by molar-refractivity contribution is 7.99. The molecule has 0 radical (unpaired) electrons. The summed E-state index contributed by atoms with van der Waals surface area (Å²) in [6.45, 7) is 8.38. The predicted octanol–water partition coefficient (Wildman–Crippen LogP) is 3.13. The first-order chi connectivity index (χ1) is 30.8. The lowest BCUT2D eigenvalue weighted by Crippen LogP contribution is -2.63. The van der Waals surface area contributed by atoms with Crippen LogP contribution in [-0.4, -0.2) is 177 Å². The number of halogens is 1. The van der Waals surface area contributed by atoms with Gasteiger partial charge in [-0.15, -0.1) is 0 Å². The van der Waals surface area contributed by atoms with Gasteiger partial charge in [0.25, 0.3) is 0 Å². The number of methoxy groups -OCH3 is 2. The average Bonchev–Trinajstić information content (AvgIpc) is 3.96. The van der Waals surface area contributed by atoms with E-state index in [4.69, 9.17) is 54.6 Å². The number of aliphatic hydroxyl groups excluding tert-OH is 1. The van der Waals surface area contributed by atoms with E-state index < -0.39 is 83.7 Å². The number of allylic oxidation sites excluding steroid dienone is 3. The van der Waals surface area contributed by atoms with Gasteiger partial charge in [0.05, 0.1) is 71.4 Å². The molecule has 4 N–H and O–H groups in total. The summed E-state index contributed by atoms with van der Waals surface area (Å²) >= 11 is 8.05. The van der Waals surface area contributed by atoms with Crippen LogP contribution in [0.4, 0.5) is 10.5 Å². The monoisotopic (exact) mass is 957 g/mol. The maximum atomic E-state index is 14.2. The van der Waals surface area contributed by atoms with Crippen molar-refractivity contribution in [1.29, 1.82) is 0 Å². The molecule has 21 heteroatoms. The van der Waals surface area contributed by atoms with Crippen LogP contribution in [0, 0.1) is 5.92 Å². The molecule has 364 valence electrons. The van der Waals surface area contributed by atoms with E-state index in [2.05, 4.69) is 5.32 Å². The average molecular weight is 959 g/mol. The maximum absolute atomic E-state index is 14.2. The number of anilines is 1. The molecule has 2 unspecified atom stereocenters. The van der Waals surface area contributed by atoms with Crippen molar-refractivity contribution in [3.63, 3.8) is 0 Å². The van der Waals surface area contributed by atoms with Crippen molar-refractivity contribution in [1.82, 2.24) is 10.2 Å². The number of nitrogens with zero attached hydrogens (tertiary/aromatic N) is 2. The third kappa shape index (κ3) is 14.7. The third-order valence-electron chi connectivity index (χ3n) is 11.7. The van der Waals surface area contributed by atoms with Crippen molar-refractivity contribution in [3.8, 4) is 5.75 Å². The van der Waals surface area contributed by atoms with Gasteiger partial charge in [-0.2, -0.15) is 11.8 Å². The summed E-state index contributed by atoms with van der Waals surface area (Å²) < 4.78 is 45.7. The van der Waals surface area contributed by atoms with Gasteiger partial charge in [0.1, 0.15) is 40.7 Å². The van der Waals surface area contributed by atoms with Crippen molar-refractivity contribution in [3.05, 3.63) is 46.5 Å². The van der Waals surface area contributed by atoms with Crippen LogP contribution in [0.1, 0.15) is 52.5 Å². The molecule has 9 atom stereocenters. The number of carbonyl (C=O) groups excluding carboxylic acids is 4. The van der Waals surface area contributed by atoms with Crippen LogP contribution in [-0.2, 0) is 58.8 Å². The van der Waals surface area contributed by atoms with E-state index in [-0.39, 0.29) is 49.9 Å². The van der Waals surface area contributed by atoms with Gasteiger partial charge in [0, 0.05) is 45.0 Å². The number of alkyl carbamates (subject to hydrolysis) is 1. The fraction of sp³-hybridized carbons (Fsp3) is 0.659. The SMILES string of the molecule is COc1cc2cc(c1Cl)N(C)C(=O)CC(OC(=O)[C@H](C)N(C)C(=O)CCOCCOCCOCCSCC(O)C(=O)O)[C@]1(C)O[C@H]1[C@H](C)[C@@H]1C[C@@](O)(NC(=O)O1)[C@H](OC)/C=C/C=C(\C)C2. The normalized spacial score (nSPS) is 28.1. The van der Waals surface area contributed by atoms with Crippen LogP contribution in [0.3, 0.4) is 0 Å². The number of amides is 3. The summed E-state index contributed by atoms with van der Waals surface area (Å²) in [5, 5.41) is 32.4. The quantitative estimate of drug-likeness (QED) is 0.0834. The molecular weight excluding hydrogens is 894 g/mol. The molecule has 0 aromatic heterocycles. The number of nitrogens with one attached hydrogen (secondary N) is 1. The first-order valence-corrected chi connectivity index (χ1v) is 22.9. The van der Waals surface area contributed by atoms with Gasteiger partial charge in [-0.05, 0) is 44.9 Å². The van der Waals surface area contributed by atoms with Gasteiger partial charge in [-0.3, -0.25) is 14.9 Å². The van der Waals surface area contributed by atoms with Crippen molar-refractivity contribution < 1.29 is 77.2 Å². The Labute approximate surface area is 388 Å². The van der Waals surface area contributed by atoms with Crippen LogP contribution >= 0.6 is 23.4 Å². The number of rotatable bonds is 20. The van der Waals surface area contributed by atoms with Gasteiger partial charge in [-0.25, -0.2) is 14.4 Å². The number of carboxylic acid groups (broad SMARTS) is 1. The Morgan fingerprint density at radius 1 is 1.09 bits per heavy atom. The number of carboxylic acids is 1. The fourth-order valence-corrected chi connectivity index (χ4v) is 8.56. The van der Waals surface area contributed by atoms with E-state index in [0.717, 1.165) is 11.1 Å². The second kappa shape index (κ2) is 24.7. The molecule has 19 nitrogen and oxygen atoms in total. The minimum Gasteiger partial charge on any atom is -0.495 e. The number of likely N-dealkylation sites (N-methyl/N-ethyl adjacent to an activating group) is 1. The lowest BCUT2D eigenvalue weighted by Gasteiger charge is -2.42. The van der Waals surface area contributed by atoms with E-state index >= 15 is 0 Å². The number of benzene rings is 1. The van der Waals surface area contributed by atoms with Crippen LogP contribution in [0.15, 0.2) is 35.9 Å². The minimum atomic E-state index is -1.86. The van der Waals surface area contributed by atoms with Crippen molar-refractivity contribution >= 4 is 58.9 Å². The molecule has 2 fully saturated rings. The molecule has 1 aromatic rings. The summed E-state index contributed by atoms with van der Waals surface area (Å²) in [7, 11) is 5.90. The number of fused-ring (bicyclic) bond motifs is 5. The summed E-state index contributed by atoms with van der Waals surface area (Å²) in [5.74, 6) is -2.55. The molecule has 3 aliphatic rings. The highest BCUT2D eigenvalue weighted by atomic mass is 35.5. The molecule has 0 saturated carbocycles. The molecule has 4 bridgehead atoms. The van der Waals surface area contributed by atoms with E-state index in [1.165, 1.54) is 49.8 Å². The lowest BCUT2D eigenvalue weighted by atomic mass is 9.83. The Morgan fingerprint density at radius 3 is 2.40 bits per heavy atom. The second-order valence-corrected chi connectivity index (χ2v) is 17.9. The largest absolute Gasteiger partial charge is 0.495 e. The molecule has 0 spiro atoms. The standard InChI is InChI=1S/C44H64ClN3O16S/c1-26-10-9-11-34(58-8)44(56)24-33(62-42(55)46-44)27(2)39-43(4,64-39)35(23-37(51)48(6)30-21-29(20-26)22-32(57-7)38(30)45)63-41(54)28(3)47(5)36(50)12-13-59-14-15-60-16-17-61-18-19-65-25-31(49)40(52)53/h9-11,21-22,27-28,31,33-35,39,49,56H,12-20,23-25H2,1-8H3,(H,46,55)(H,52,53)/b11-9+,26-10+/t27-,28+,31?,33+,34-,35?,39+,43+,44+/m1/s1. The molecule has 3 amide bonds. The van der Waals surface area contributed by atoms with E-state index in [1.54, 1.807) is 45.2 Å². The topological polar surface area (TPSA) is 242 Å². The van der Waals surface area contributed by atoms with Gasteiger partial charge < -0.3 is 63.0 Å². The summed E-state index contributed by atoms with van der Waals surface area (Å²) in [5.41, 5.74) is -1.09. The van der Waals surface area contributed by atoms with Crippen molar-refractivity contribution in [2.45, 2.75) is 101 Å². The van der Waals surface area contributed by atoms with Crippen LogP contribution < -0.4 is 15.0 Å². The molecule has 65 heavy (non-hydrogen) atoms. The number of epoxide rings is 1. The summed E-state index contributed by atoms with van der Waals surface area (Å²) in [6, 6.07) is 2.46. The zero-order valence-electron chi connectivity index (χ0n) is 38.2. The number of aliphatic hydroxyl groups is 2. The number of ether oxygens (including phenoxy) is 8. The zero-order chi connectivity index (χ0) is 48.1. The molecule has 3 heterocycles. The second-order valence-electron chi connectivity index (χ2n) is 16.4. The summed E-state index contributed by atoms with van der Waals surface area (Å²) in [6.07, 6.45) is -0.875. The highest BCUT2D eigenvalue weighted by Crippen LogP contribution is 2.49. The molecule has 3 aliphatic heterocycles. The Bertz CT molecular complexity index is 1890. The van der Waals surface area contributed by atoms with Gasteiger partial charge in [0.2, 0.25) is 11.8 Å². The van der Waals surface area contributed by atoms with E-state index in [9.17, 15) is 34.2 Å². The number of aliphatic carboxylic acids is 1. The highest BCUT2D eigenvalue weighted by Gasteiger charge is 2.64. The van der Waals surface area contributed by atoms with Gasteiger partial charge in [-0.1, -0.05) is 42.3 Å². The van der Waals surface area contributed by atoms with Gasteiger partial charge in [0.15, 0.2) is 11.8 Å². The number of carbonyl (C=O) groups is 5. The van der Waals surface area contributed by atoms with Crippen LogP contribution in [0.25, 0.3) is 0 Å². The first-order valence-electron chi connectivity index (χ1n) is 21.3. The summed E-state index contributed by atoms with van der Waals surface area (Å²) in [4.78, 5) is 67.5. The van der Waals surface area contributed by atoms with Crippen molar-refractivity contribution in [2.75, 3.05) is 84.4 Å². The number of thioether (sulfide) groups is 1. The van der Waals surface area contributed by atoms with Crippen molar-refractivity contribution in [2.24, 2.45) is 5.92 Å². The molecular formula is C44H64ClN3O16S. The predicted molar refractivity (Wildman–Crippen MR) is 239 cm³/mol. The number of hydrogen-bond donors (Lipinski definition) is 4. The lowest BCUT2D eigenvalue weighted by molar-refractivity contribution is -0.162. The molecule has 2 saturated heterocycles. The zero-order valence-corrected chi connectivity index (χ0v) is 39.8. The molecule has 4 rings (SSSR count). The minimum absolute atomic E-state index is 0.0434. The smallest absolute Gasteiger partial charge is 0.409 e. The van der Waals surface area contributed by atoms with E-state index in [1.807, 2.05) is 13.0 Å². The first kappa shape index (κ1) is 53.6. The Kier molecular flexibility index (Phi) is 20.4. The van der Waals surface area contributed by atoms with E-state index in [0.29, 0.717) is 43.4 Å². The van der Waals surface area contributed by atoms with Crippen LogP contribution in [0.2, 0.25) is 5.02 Å². The molecule has 0 aliphatic carbocycles.